The predicted octanol–water partition coefficient (Wildman–Crippen LogP) is 3.44. The number of carbonyl (C=O) groups is 1. The van der Waals surface area contributed by atoms with E-state index in [1.165, 1.54) is 20.3 Å². The molecule has 0 aromatic heterocycles. The molecule has 2 aromatic carbocycles. The van der Waals surface area contributed by atoms with Gasteiger partial charge in [-0.25, -0.2) is 4.39 Å². The number of halogens is 2. The first-order valence-corrected chi connectivity index (χ1v) is 5.99. The minimum absolute atomic E-state index is 0.147. The molecule has 1 atom stereocenters. The van der Waals surface area contributed by atoms with Gasteiger partial charge in [0.25, 0.3) is 0 Å². The molecule has 0 aliphatic rings. The van der Waals surface area contributed by atoms with E-state index < -0.39 is 17.2 Å². The maximum absolute atomic E-state index is 13.5. The van der Waals surface area contributed by atoms with E-state index in [4.69, 9.17) is 16.3 Å². The van der Waals surface area contributed by atoms with E-state index in [0.717, 1.165) is 5.39 Å². The molecule has 0 amide bonds. The number of hydrogen-bond acceptors (Lipinski definition) is 3. The molecule has 0 spiro atoms. The van der Waals surface area contributed by atoms with Crippen molar-refractivity contribution in [3.63, 3.8) is 0 Å². The zero-order chi connectivity index (χ0) is 14.0. The summed E-state index contributed by atoms with van der Waals surface area (Å²) in [7, 11) is 2.67. The third-order valence-corrected chi connectivity index (χ3v) is 3.27. The molecule has 100 valence electrons. The summed E-state index contributed by atoms with van der Waals surface area (Å²) in [5.41, 5.74) is 0.592. The van der Waals surface area contributed by atoms with Crippen LogP contribution in [-0.4, -0.2) is 20.2 Å². The van der Waals surface area contributed by atoms with Gasteiger partial charge in [0.05, 0.1) is 14.2 Å². The minimum atomic E-state index is -0.884. The lowest BCUT2D eigenvalue weighted by Gasteiger charge is -2.10. The first kappa shape index (κ1) is 13.6. The Morgan fingerprint density at radius 1 is 1.21 bits per heavy atom. The van der Waals surface area contributed by atoms with E-state index in [2.05, 4.69) is 4.74 Å². The monoisotopic (exact) mass is 282 g/mol. The molecule has 0 N–H and O–H groups in total. The standard InChI is InChI=1S/C14H12ClFO3/c1-18-12-7-10-5-9(13(15)14(17)19-2)4-3-8(10)6-11(12)16/h3-7,13H,1-2H3. The lowest BCUT2D eigenvalue weighted by Crippen LogP contribution is -2.08. The van der Waals surface area contributed by atoms with Gasteiger partial charge in [0, 0.05) is 0 Å². The predicted molar refractivity (Wildman–Crippen MR) is 71.1 cm³/mol. The number of carbonyl (C=O) groups excluding carboxylic acids is 1. The highest BCUT2D eigenvalue weighted by Gasteiger charge is 2.18. The minimum Gasteiger partial charge on any atom is -0.494 e. The van der Waals surface area contributed by atoms with Crippen LogP contribution in [0.25, 0.3) is 10.8 Å². The van der Waals surface area contributed by atoms with Gasteiger partial charge in [0.15, 0.2) is 16.9 Å². The van der Waals surface area contributed by atoms with Crippen LogP contribution in [0.5, 0.6) is 5.75 Å². The zero-order valence-corrected chi connectivity index (χ0v) is 11.2. The normalized spacial score (nSPS) is 12.2. The quantitative estimate of drug-likeness (QED) is 0.639. The van der Waals surface area contributed by atoms with Gasteiger partial charge in [0.2, 0.25) is 0 Å². The van der Waals surface area contributed by atoms with Crippen LogP contribution >= 0.6 is 11.6 Å². The summed E-state index contributed by atoms with van der Waals surface area (Å²) in [6.45, 7) is 0. The first-order valence-electron chi connectivity index (χ1n) is 5.56. The highest BCUT2D eigenvalue weighted by Crippen LogP contribution is 2.29. The molecule has 0 saturated heterocycles. The van der Waals surface area contributed by atoms with Gasteiger partial charge in [-0.1, -0.05) is 12.1 Å². The van der Waals surface area contributed by atoms with E-state index in [0.29, 0.717) is 10.9 Å². The van der Waals surface area contributed by atoms with E-state index in [9.17, 15) is 9.18 Å². The second-order valence-corrected chi connectivity index (χ2v) is 4.42. The number of benzene rings is 2. The Hall–Kier alpha value is -1.81. The molecule has 0 saturated carbocycles. The topological polar surface area (TPSA) is 35.5 Å². The Labute approximate surface area is 114 Å². The van der Waals surface area contributed by atoms with Gasteiger partial charge >= 0.3 is 5.97 Å². The molecule has 2 aromatic rings. The Morgan fingerprint density at radius 3 is 2.58 bits per heavy atom. The van der Waals surface area contributed by atoms with E-state index in [1.54, 1.807) is 24.3 Å². The van der Waals surface area contributed by atoms with E-state index in [1.807, 2.05) is 0 Å². The average Bonchev–Trinajstić information content (AvgIpc) is 2.44. The molecule has 0 fully saturated rings. The smallest absolute Gasteiger partial charge is 0.328 e. The maximum Gasteiger partial charge on any atom is 0.328 e. The second-order valence-electron chi connectivity index (χ2n) is 3.98. The molecule has 0 bridgehead atoms. The third kappa shape index (κ3) is 2.63. The van der Waals surface area contributed by atoms with Crippen molar-refractivity contribution in [2.45, 2.75) is 5.38 Å². The third-order valence-electron chi connectivity index (χ3n) is 2.84. The fraction of sp³-hybridized carbons (Fsp3) is 0.214. The number of alkyl halides is 1. The molecule has 1 unspecified atom stereocenters. The fourth-order valence-corrected chi connectivity index (χ4v) is 2.05. The number of fused-ring (bicyclic) bond motifs is 1. The van der Waals surface area contributed by atoms with Crippen LogP contribution in [-0.2, 0) is 9.53 Å². The summed E-state index contributed by atoms with van der Waals surface area (Å²) >= 11 is 5.98. The summed E-state index contributed by atoms with van der Waals surface area (Å²) in [5, 5.41) is 0.562. The molecule has 3 nitrogen and oxygen atoms in total. The number of methoxy groups -OCH3 is 2. The maximum atomic E-state index is 13.5. The van der Waals surface area contributed by atoms with Crippen LogP contribution in [0, 0.1) is 5.82 Å². The number of rotatable bonds is 3. The van der Waals surface area contributed by atoms with Crippen molar-refractivity contribution >= 4 is 28.3 Å². The van der Waals surface area contributed by atoms with Crippen molar-refractivity contribution in [2.75, 3.05) is 14.2 Å². The van der Waals surface area contributed by atoms with Crippen LogP contribution in [0.4, 0.5) is 4.39 Å². The summed E-state index contributed by atoms with van der Waals surface area (Å²) < 4.78 is 23.0. The van der Waals surface area contributed by atoms with Crippen molar-refractivity contribution in [3.05, 3.63) is 41.7 Å². The molecule has 0 aliphatic heterocycles. The molecular formula is C14H12ClFO3. The number of ether oxygens (including phenoxy) is 2. The van der Waals surface area contributed by atoms with Gasteiger partial charge in [-0.3, -0.25) is 4.79 Å². The summed E-state index contributed by atoms with van der Waals surface area (Å²) in [5.74, 6) is -0.818. The van der Waals surface area contributed by atoms with Crippen molar-refractivity contribution in [2.24, 2.45) is 0 Å². The van der Waals surface area contributed by atoms with Gasteiger partial charge < -0.3 is 9.47 Å². The average molecular weight is 283 g/mol. The largest absolute Gasteiger partial charge is 0.494 e. The second kappa shape index (κ2) is 5.45. The van der Waals surface area contributed by atoms with E-state index >= 15 is 0 Å². The van der Waals surface area contributed by atoms with Crippen LogP contribution in [0.15, 0.2) is 30.3 Å². The first-order chi connectivity index (χ1) is 9.06. The lowest BCUT2D eigenvalue weighted by molar-refractivity contribution is -0.140. The van der Waals surface area contributed by atoms with Crippen LogP contribution in [0.1, 0.15) is 10.9 Å². The zero-order valence-electron chi connectivity index (χ0n) is 10.4. The lowest BCUT2D eigenvalue weighted by atomic mass is 10.0. The molecule has 0 aliphatic carbocycles. The number of esters is 1. The Bertz CT molecular complexity index is 627. The summed E-state index contributed by atoms with van der Waals surface area (Å²) in [4.78, 5) is 11.4. The van der Waals surface area contributed by atoms with Gasteiger partial charge in [0.1, 0.15) is 0 Å². The van der Waals surface area contributed by atoms with Gasteiger partial charge in [-0.15, -0.1) is 11.6 Å². The highest BCUT2D eigenvalue weighted by atomic mass is 35.5. The molecule has 19 heavy (non-hydrogen) atoms. The van der Waals surface area contributed by atoms with E-state index in [-0.39, 0.29) is 5.75 Å². The van der Waals surface area contributed by atoms with Crippen LogP contribution < -0.4 is 4.74 Å². The SMILES string of the molecule is COC(=O)C(Cl)c1ccc2cc(F)c(OC)cc2c1. The van der Waals surface area contributed by atoms with Gasteiger partial charge in [-0.2, -0.15) is 0 Å². The molecular weight excluding hydrogens is 271 g/mol. The Morgan fingerprint density at radius 2 is 1.95 bits per heavy atom. The molecule has 0 heterocycles. The van der Waals surface area contributed by atoms with Crippen molar-refractivity contribution in [1.82, 2.24) is 0 Å². The molecule has 2 rings (SSSR count). The summed E-state index contributed by atoms with van der Waals surface area (Å²) in [6.07, 6.45) is 0. The molecule has 0 radical (unpaired) electrons. The molecule has 5 heteroatoms. The highest BCUT2D eigenvalue weighted by molar-refractivity contribution is 6.30. The van der Waals surface area contributed by atoms with Crippen LogP contribution in [0.2, 0.25) is 0 Å². The summed E-state index contributed by atoms with van der Waals surface area (Å²) in [6, 6.07) is 8.02. The van der Waals surface area contributed by atoms with Crippen LogP contribution in [0.3, 0.4) is 0 Å². The van der Waals surface area contributed by atoms with Crippen molar-refractivity contribution in [3.8, 4) is 5.75 Å². The van der Waals surface area contributed by atoms with Crippen molar-refractivity contribution in [1.29, 1.82) is 0 Å². The number of hydrogen-bond donors (Lipinski definition) is 0. The Balaban J connectivity index is 2.50. The fourth-order valence-electron chi connectivity index (χ4n) is 1.82. The van der Waals surface area contributed by atoms with Crippen molar-refractivity contribution < 1.29 is 18.7 Å². The van der Waals surface area contributed by atoms with Gasteiger partial charge in [-0.05, 0) is 34.5 Å². The Kier molecular flexibility index (Phi) is 3.90.